The van der Waals surface area contributed by atoms with Crippen LogP contribution in [0.1, 0.15) is 12.0 Å². The third-order valence-electron chi connectivity index (χ3n) is 4.84. The number of hydrogen-bond acceptors (Lipinski definition) is 4. The quantitative estimate of drug-likeness (QED) is 0.827. The van der Waals surface area contributed by atoms with E-state index in [0.29, 0.717) is 0 Å². The molecule has 2 fully saturated rings. The minimum absolute atomic E-state index is 0.724. The van der Waals surface area contributed by atoms with E-state index in [-0.39, 0.29) is 0 Å². The topological polar surface area (TPSA) is 35.7 Å². The molecule has 3 rings (SSSR count). The monoisotopic (exact) mass is 274 g/mol. The summed E-state index contributed by atoms with van der Waals surface area (Å²) in [7, 11) is 2.22. The Balaban J connectivity index is 1.63. The van der Waals surface area contributed by atoms with Crippen LogP contribution in [-0.4, -0.2) is 62.2 Å². The molecule has 1 unspecified atom stereocenters. The fraction of sp³-hybridized carbons (Fsp3) is 0.625. The van der Waals surface area contributed by atoms with Gasteiger partial charge in [-0.3, -0.25) is 4.90 Å². The predicted molar refractivity (Wildman–Crippen MR) is 85.3 cm³/mol. The third kappa shape index (κ3) is 2.76. The van der Waals surface area contributed by atoms with Crippen LogP contribution >= 0.6 is 0 Å². The molecular weight excluding hydrogens is 248 g/mol. The second-order valence-electron chi connectivity index (χ2n) is 6.27. The molecule has 110 valence electrons. The largest absolute Gasteiger partial charge is 0.399 e. The van der Waals surface area contributed by atoms with E-state index >= 15 is 0 Å². The molecule has 0 aromatic heterocycles. The highest BCUT2D eigenvalue weighted by atomic mass is 15.3. The van der Waals surface area contributed by atoms with Gasteiger partial charge in [0.25, 0.3) is 0 Å². The van der Waals surface area contributed by atoms with Gasteiger partial charge in [0.15, 0.2) is 0 Å². The molecule has 20 heavy (non-hydrogen) atoms. The molecule has 2 aliphatic heterocycles. The number of piperazine rings is 1. The number of rotatable bonds is 2. The lowest BCUT2D eigenvalue weighted by molar-refractivity contribution is 0.120. The molecule has 0 radical (unpaired) electrons. The molecule has 1 aromatic carbocycles. The van der Waals surface area contributed by atoms with E-state index in [0.717, 1.165) is 18.3 Å². The molecule has 2 heterocycles. The smallest absolute Gasteiger partial charge is 0.0370 e. The van der Waals surface area contributed by atoms with E-state index in [1.807, 2.05) is 6.07 Å². The van der Waals surface area contributed by atoms with Crippen molar-refractivity contribution in [1.29, 1.82) is 0 Å². The van der Waals surface area contributed by atoms with Gasteiger partial charge in [0.05, 0.1) is 0 Å². The highest BCUT2D eigenvalue weighted by Gasteiger charge is 2.29. The molecule has 0 aliphatic carbocycles. The van der Waals surface area contributed by atoms with Crippen molar-refractivity contribution in [1.82, 2.24) is 9.80 Å². The van der Waals surface area contributed by atoms with Gasteiger partial charge in [-0.15, -0.1) is 0 Å². The van der Waals surface area contributed by atoms with Crippen LogP contribution in [0.5, 0.6) is 0 Å². The Morgan fingerprint density at radius 2 is 1.85 bits per heavy atom. The zero-order valence-corrected chi connectivity index (χ0v) is 12.7. The summed E-state index contributed by atoms with van der Waals surface area (Å²) in [6.07, 6.45) is 1.28. The first-order valence-corrected chi connectivity index (χ1v) is 7.67. The zero-order valence-electron chi connectivity index (χ0n) is 12.7. The first-order chi connectivity index (χ1) is 9.63. The molecule has 0 spiro atoms. The maximum absolute atomic E-state index is 5.91. The van der Waals surface area contributed by atoms with Gasteiger partial charge in [0, 0.05) is 56.7 Å². The normalized spacial score (nSPS) is 25.3. The van der Waals surface area contributed by atoms with Crippen molar-refractivity contribution in [2.24, 2.45) is 0 Å². The summed E-state index contributed by atoms with van der Waals surface area (Å²) in [5.41, 5.74) is 9.32. The number of likely N-dealkylation sites (N-methyl/N-ethyl adjacent to an activating group) is 1. The molecular formula is C16H26N4. The number of anilines is 2. The van der Waals surface area contributed by atoms with E-state index in [1.54, 1.807) is 0 Å². The van der Waals surface area contributed by atoms with Crippen molar-refractivity contribution in [2.75, 3.05) is 56.9 Å². The van der Waals surface area contributed by atoms with Gasteiger partial charge >= 0.3 is 0 Å². The van der Waals surface area contributed by atoms with Crippen LogP contribution in [0.25, 0.3) is 0 Å². The van der Waals surface area contributed by atoms with E-state index in [1.165, 1.54) is 50.4 Å². The number of aryl methyl sites for hydroxylation is 1. The van der Waals surface area contributed by atoms with Crippen LogP contribution in [-0.2, 0) is 0 Å². The van der Waals surface area contributed by atoms with Gasteiger partial charge in [-0.05, 0) is 44.2 Å². The number of nitrogens with zero attached hydrogens (tertiary/aromatic N) is 3. The first kappa shape index (κ1) is 13.7. The minimum atomic E-state index is 0.724. The van der Waals surface area contributed by atoms with Gasteiger partial charge < -0.3 is 15.5 Å². The number of nitrogens with two attached hydrogens (primary N) is 1. The molecule has 1 aromatic rings. The summed E-state index contributed by atoms with van der Waals surface area (Å²) >= 11 is 0. The van der Waals surface area contributed by atoms with E-state index in [2.05, 4.69) is 40.8 Å². The molecule has 4 heteroatoms. The molecule has 0 saturated carbocycles. The Hall–Kier alpha value is -1.26. The summed E-state index contributed by atoms with van der Waals surface area (Å²) < 4.78 is 0. The van der Waals surface area contributed by atoms with Gasteiger partial charge in [0.1, 0.15) is 0 Å². The van der Waals surface area contributed by atoms with Crippen LogP contribution in [0.3, 0.4) is 0 Å². The van der Waals surface area contributed by atoms with Crippen molar-refractivity contribution in [2.45, 2.75) is 19.4 Å². The van der Waals surface area contributed by atoms with Crippen LogP contribution in [0.4, 0.5) is 11.4 Å². The second-order valence-corrected chi connectivity index (χ2v) is 6.27. The first-order valence-electron chi connectivity index (χ1n) is 7.67. The van der Waals surface area contributed by atoms with E-state index in [9.17, 15) is 0 Å². The highest BCUT2D eigenvalue weighted by molar-refractivity contribution is 5.58. The highest BCUT2D eigenvalue weighted by Crippen LogP contribution is 2.26. The number of hydrogen-bond donors (Lipinski definition) is 1. The van der Waals surface area contributed by atoms with Gasteiger partial charge in [-0.1, -0.05) is 0 Å². The predicted octanol–water partition coefficient (Wildman–Crippen LogP) is 1.40. The molecule has 2 aliphatic rings. The van der Waals surface area contributed by atoms with Gasteiger partial charge in [-0.25, -0.2) is 0 Å². The Labute approximate surface area is 122 Å². The van der Waals surface area contributed by atoms with Crippen molar-refractivity contribution >= 4 is 11.4 Å². The van der Waals surface area contributed by atoms with Crippen molar-refractivity contribution in [3.63, 3.8) is 0 Å². The summed E-state index contributed by atoms with van der Waals surface area (Å²) in [6, 6.07) is 7.14. The maximum Gasteiger partial charge on any atom is 0.0370 e. The van der Waals surface area contributed by atoms with E-state index < -0.39 is 0 Å². The Morgan fingerprint density at radius 1 is 1.10 bits per heavy atom. The Bertz CT molecular complexity index is 466. The lowest BCUT2D eigenvalue weighted by Gasteiger charge is -2.36. The molecule has 2 saturated heterocycles. The minimum Gasteiger partial charge on any atom is -0.399 e. The lowest BCUT2D eigenvalue weighted by Crippen LogP contribution is -2.49. The average Bonchev–Trinajstić information content (AvgIpc) is 2.92. The SMILES string of the molecule is Cc1cc(N2CCC(N3CCN(C)CC3)C2)ccc1N. The van der Waals surface area contributed by atoms with Crippen molar-refractivity contribution in [3.05, 3.63) is 23.8 Å². The summed E-state index contributed by atoms with van der Waals surface area (Å²) in [5, 5.41) is 0. The standard InChI is InChI=1S/C16H26N4/c1-13-11-14(3-4-16(13)17)20-6-5-15(12-20)19-9-7-18(2)8-10-19/h3-4,11,15H,5-10,12,17H2,1-2H3. The molecule has 1 atom stereocenters. The summed E-state index contributed by atoms with van der Waals surface area (Å²) in [4.78, 5) is 7.60. The molecule has 2 N–H and O–H groups in total. The third-order valence-corrected chi connectivity index (χ3v) is 4.84. The zero-order chi connectivity index (χ0) is 14.1. The lowest BCUT2D eigenvalue weighted by atomic mass is 10.1. The fourth-order valence-corrected chi connectivity index (χ4v) is 3.32. The molecule has 4 nitrogen and oxygen atoms in total. The van der Waals surface area contributed by atoms with Crippen molar-refractivity contribution in [3.8, 4) is 0 Å². The Kier molecular flexibility index (Phi) is 3.85. The van der Waals surface area contributed by atoms with Gasteiger partial charge in [-0.2, -0.15) is 0 Å². The van der Waals surface area contributed by atoms with Crippen molar-refractivity contribution < 1.29 is 0 Å². The second kappa shape index (κ2) is 5.62. The van der Waals surface area contributed by atoms with Crippen LogP contribution in [0.2, 0.25) is 0 Å². The average molecular weight is 274 g/mol. The van der Waals surface area contributed by atoms with E-state index in [4.69, 9.17) is 5.73 Å². The number of nitrogen functional groups attached to an aromatic ring is 1. The Morgan fingerprint density at radius 3 is 2.55 bits per heavy atom. The fourth-order valence-electron chi connectivity index (χ4n) is 3.32. The summed E-state index contributed by atoms with van der Waals surface area (Å²) in [5.74, 6) is 0. The summed E-state index contributed by atoms with van der Waals surface area (Å²) in [6.45, 7) is 9.26. The maximum atomic E-state index is 5.91. The molecule has 0 amide bonds. The van der Waals surface area contributed by atoms with Crippen LogP contribution in [0, 0.1) is 6.92 Å². The van der Waals surface area contributed by atoms with Gasteiger partial charge in [0.2, 0.25) is 0 Å². The number of benzene rings is 1. The molecule has 0 bridgehead atoms. The van der Waals surface area contributed by atoms with Crippen LogP contribution < -0.4 is 10.6 Å². The van der Waals surface area contributed by atoms with Crippen LogP contribution in [0.15, 0.2) is 18.2 Å².